The lowest BCUT2D eigenvalue weighted by Crippen LogP contribution is -2.52. The zero-order chi connectivity index (χ0) is 12.1. The summed E-state index contributed by atoms with van der Waals surface area (Å²) in [5, 5.41) is 5.83. The Labute approximate surface area is 96.1 Å². The maximum absolute atomic E-state index is 11.8. The molecule has 1 saturated heterocycles. The molecule has 16 heavy (non-hydrogen) atoms. The Bertz CT molecular complexity index is 262. The minimum atomic E-state index is -0.556. The summed E-state index contributed by atoms with van der Waals surface area (Å²) in [6.07, 6.45) is 2.65. The highest BCUT2D eigenvalue weighted by Gasteiger charge is 2.28. The lowest BCUT2D eigenvalue weighted by molar-refractivity contribution is -0.129. The van der Waals surface area contributed by atoms with E-state index >= 15 is 0 Å². The highest BCUT2D eigenvalue weighted by Crippen LogP contribution is 2.10. The number of nitrogens with one attached hydrogen (secondary N) is 2. The molecule has 0 spiro atoms. The minimum absolute atomic E-state index is 0.0721. The molecule has 1 rings (SSSR count). The van der Waals surface area contributed by atoms with Gasteiger partial charge in [-0.2, -0.15) is 0 Å². The normalized spacial score (nSPS) is 23.8. The van der Waals surface area contributed by atoms with Crippen LogP contribution in [-0.4, -0.2) is 30.4 Å². The number of primary amides is 1. The van der Waals surface area contributed by atoms with E-state index in [-0.39, 0.29) is 17.9 Å². The molecule has 0 aromatic carbocycles. The molecule has 0 saturated carbocycles. The quantitative estimate of drug-likeness (QED) is 0.606. The van der Waals surface area contributed by atoms with Crippen LogP contribution in [0.3, 0.4) is 0 Å². The molecule has 0 aromatic heterocycles. The molecule has 1 heterocycles. The minimum Gasteiger partial charge on any atom is -0.368 e. The highest BCUT2D eigenvalue weighted by atomic mass is 16.2. The van der Waals surface area contributed by atoms with Crippen LogP contribution >= 0.6 is 0 Å². The van der Waals surface area contributed by atoms with E-state index < -0.39 is 11.9 Å². The Morgan fingerprint density at radius 2 is 2.25 bits per heavy atom. The van der Waals surface area contributed by atoms with Crippen molar-refractivity contribution in [1.82, 2.24) is 10.6 Å². The third-order valence-corrected chi connectivity index (χ3v) is 3.19. The molecule has 3 atom stereocenters. The average molecular weight is 227 g/mol. The fourth-order valence-electron chi connectivity index (χ4n) is 1.89. The van der Waals surface area contributed by atoms with Crippen molar-refractivity contribution in [3.63, 3.8) is 0 Å². The Morgan fingerprint density at radius 3 is 2.69 bits per heavy atom. The van der Waals surface area contributed by atoms with Gasteiger partial charge < -0.3 is 16.4 Å². The fourth-order valence-corrected chi connectivity index (χ4v) is 1.89. The van der Waals surface area contributed by atoms with Crippen LogP contribution in [0.5, 0.6) is 0 Å². The lowest BCUT2D eigenvalue weighted by Gasteiger charge is -2.22. The zero-order valence-corrected chi connectivity index (χ0v) is 9.95. The standard InChI is InChI=1S/C11H21N3O2/c1-3-7(2)9(10(12)15)14-11(16)8-5-4-6-13-8/h7-9,13H,3-6H2,1-2H3,(H2,12,15)(H,14,16). The fraction of sp³-hybridized carbons (Fsp3) is 0.818. The van der Waals surface area contributed by atoms with E-state index in [0.717, 1.165) is 25.8 Å². The number of carbonyl (C=O) groups is 2. The molecular weight excluding hydrogens is 206 g/mol. The summed E-state index contributed by atoms with van der Waals surface area (Å²) in [6.45, 7) is 4.75. The van der Waals surface area contributed by atoms with Crippen LogP contribution in [0.1, 0.15) is 33.1 Å². The van der Waals surface area contributed by atoms with Crippen molar-refractivity contribution in [3.05, 3.63) is 0 Å². The summed E-state index contributed by atoms with van der Waals surface area (Å²) in [6, 6.07) is -0.717. The van der Waals surface area contributed by atoms with E-state index in [4.69, 9.17) is 5.73 Å². The molecule has 1 aliphatic rings. The lowest BCUT2D eigenvalue weighted by atomic mass is 9.98. The summed E-state index contributed by atoms with van der Waals surface area (Å²) < 4.78 is 0. The third kappa shape index (κ3) is 3.20. The molecule has 0 aliphatic carbocycles. The summed E-state index contributed by atoms with van der Waals surface area (Å²) in [5.74, 6) is -0.495. The van der Waals surface area contributed by atoms with Crippen molar-refractivity contribution in [2.24, 2.45) is 11.7 Å². The van der Waals surface area contributed by atoms with Gasteiger partial charge >= 0.3 is 0 Å². The largest absolute Gasteiger partial charge is 0.368 e. The molecule has 1 aliphatic heterocycles. The van der Waals surface area contributed by atoms with Crippen LogP contribution in [0, 0.1) is 5.92 Å². The van der Waals surface area contributed by atoms with Crippen molar-refractivity contribution >= 4 is 11.8 Å². The SMILES string of the molecule is CCC(C)C(NC(=O)C1CCCN1)C(N)=O. The van der Waals surface area contributed by atoms with Crippen molar-refractivity contribution in [2.45, 2.75) is 45.2 Å². The van der Waals surface area contributed by atoms with Gasteiger partial charge in [0, 0.05) is 0 Å². The van der Waals surface area contributed by atoms with Crippen LogP contribution in [0.4, 0.5) is 0 Å². The zero-order valence-electron chi connectivity index (χ0n) is 9.95. The van der Waals surface area contributed by atoms with E-state index in [2.05, 4.69) is 10.6 Å². The van der Waals surface area contributed by atoms with Gasteiger partial charge in [0.1, 0.15) is 6.04 Å². The molecule has 5 nitrogen and oxygen atoms in total. The molecule has 0 radical (unpaired) electrons. The number of rotatable bonds is 5. The maximum Gasteiger partial charge on any atom is 0.240 e. The van der Waals surface area contributed by atoms with Gasteiger partial charge in [-0.05, 0) is 25.3 Å². The summed E-state index contributed by atoms with van der Waals surface area (Å²) in [5.41, 5.74) is 5.29. The van der Waals surface area contributed by atoms with Crippen LogP contribution in [0.2, 0.25) is 0 Å². The van der Waals surface area contributed by atoms with Crippen LogP contribution in [-0.2, 0) is 9.59 Å². The number of hydrogen-bond donors (Lipinski definition) is 3. The van der Waals surface area contributed by atoms with Gasteiger partial charge in [-0.15, -0.1) is 0 Å². The van der Waals surface area contributed by atoms with Gasteiger partial charge in [-0.3, -0.25) is 9.59 Å². The Hall–Kier alpha value is -1.10. The van der Waals surface area contributed by atoms with Gasteiger partial charge in [0.25, 0.3) is 0 Å². The second-order valence-electron chi connectivity index (χ2n) is 4.42. The molecule has 2 amide bonds. The molecule has 1 fully saturated rings. The predicted octanol–water partition coefficient (Wildman–Crippen LogP) is -0.245. The first-order valence-corrected chi connectivity index (χ1v) is 5.89. The first-order valence-electron chi connectivity index (χ1n) is 5.89. The third-order valence-electron chi connectivity index (χ3n) is 3.19. The predicted molar refractivity (Wildman–Crippen MR) is 61.6 cm³/mol. The Balaban J connectivity index is 2.53. The van der Waals surface area contributed by atoms with E-state index in [1.54, 1.807) is 0 Å². The van der Waals surface area contributed by atoms with Gasteiger partial charge in [0.2, 0.25) is 11.8 Å². The summed E-state index contributed by atoms with van der Waals surface area (Å²) in [7, 11) is 0. The summed E-state index contributed by atoms with van der Waals surface area (Å²) in [4.78, 5) is 23.0. The van der Waals surface area contributed by atoms with Crippen LogP contribution < -0.4 is 16.4 Å². The van der Waals surface area contributed by atoms with Gasteiger partial charge in [-0.25, -0.2) is 0 Å². The molecular formula is C11H21N3O2. The molecule has 4 N–H and O–H groups in total. The Kier molecular flexibility index (Phi) is 4.73. The van der Waals surface area contributed by atoms with E-state index in [9.17, 15) is 9.59 Å². The van der Waals surface area contributed by atoms with E-state index in [1.165, 1.54) is 0 Å². The highest BCUT2D eigenvalue weighted by molar-refractivity contribution is 5.89. The number of hydrogen-bond acceptors (Lipinski definition) is 3. The monoisotopic (exact) mass is 227 g/mol. The van der Waals surface area contributed by atoms with Crippen molar-refractivity contribution in [2.75, 3.05) is 6.54 Å². The van der Waals surface area contributed by atoms with Crippen molar-refractivity contribution in [3.8, 4) is 0 Å². The topological polar surface area (TPSA) is 84.2 Å². The molecule has 92 valence electrons. The number of amides is 2. The first kappa shape index (κ1) is 13.0. The molecule has 5 heteroatoms. The maximum atomic E-state index is 11.8. The second-order valence-corrected chi connectivity index (χ2v) is 4.42. The average Bonchev–Trinajstić information content (AvgIpc) is 2.77. The van der Waals surface area contributed by atoms with Crippen LogP contribution in [0.15, 0.2) is 0 Å². The van der Waals surface area contributed by atoms with Crippen molar-refractivity contribution in [1.29, 1.82) is 0 Å². The molecule has 0 bridgehead atoms. The second kappa shape index (κ2) is 5.84. The van der Waals surface area contributed by atoms with Gasteiger partial charge in [-0.1, -0.05) is 20.3 Å². The van der Waals surface area contributed by atoms with E-state index in [0.29, 0.717) is 0 Å². The molecule has 0 aromatic rings. The number of nitrogens with two attached hydrogens (primary N) is 1. The van der Waals surface area contributed by atoms with Gasteiger partial charge in [0.15, 0.2) is 0 Å². The smallest absolute Gasteiger partial charge is 0.240 e. The number of carbonyl (C=O) groups excluding carboxylic acids is 2. The van der Waals surface area contributed by atoms with E-state index in [1.807, 2.05) is 13.8 Å². The summed E-state index contributed by atoms with van der Waals surface area (Å²) >= 11 is 0. The van der Waals surface area contributed by atoms with Crippen molar-refractivity contribution < 1.29 is 9.59 Å². The first-order chi connectivity index (χ1) is 7.56. The van der Waals surface area contributed by atoms with Gasteiger partial charge in [0.05, 0.1) is 6.04 Å². The molecule has 3 unspecified atom stereocenters. The van der Waals surface area contributed by atoms with Crippen LogP contribution in [0.25, 0.3) is 0 Å². The Morgan fingerprint density at radius 1 is 1.56 bits per heavy atom.